The van der Waals surface area contributed by atoms with Gasteiger partial charge in [0, 0.05) is 38.3 Å². The summed E-state index contributed by atoms with van der Waals surface area (Å²) in [6, 6.07) is 16.3. The van der Waals surface area contributed by atoms with Crippen molar-refractivity contribution in [1.29, 1.82) is 0 Å². The number of piperazine rings is 1. The van der Waals surface area contributed by atoms with Crippen LogP contribution in [0.2, 0.25) is 5.02 Å². The van der Waals surface area contributed by atoms with Crippen LogP contribution in [0.15, 0.2) is 53.9 Å². The van der Waals surface area contributed by atoms with Crippen LogP contribution < -0.4 is 4.74 Å². The minimum absolute atomic E-state index is 0.111. The molecule has 0 unspecified atom stereocenters. The average Bonchev–Trinajstić information content (AvgIpc) is 3.23. The first-order valence-electron chi connectivity index (χ1n) is 10.5. The van der Waals surface area contributed by atoms with E-state index in [1.807, 2.05) is 41.5 Å². The molecule has 0 aliphatic carbocycles. The molecule has 0 N–H and O–H groups in total. The fraction of sp³-hybridized carbons (Fsp3) is 0.320. The van der Waals surface area contributed by atoms with Crippen LogP contribution in [-0.2, 0) is 13.2 Å². The van der Waals surface area contributed by atoms with E-state index in [1.54, 1.807) is 0 Å². The van der Waals surface area contributed by atoms with Gasteiger partial charge in [-0.3, -0.25) is 9.69 Å². The van der Waals surface area contributed by atoms with Gasteiger partial charge in [-0.2, -0.15) is 0 Å². The van der Waals surface area contributed by atoms with Crippen molar-refractivity contribution in [2.24, 2.45) is 0 Å². The maximum atomic E-state index is 13.0. The molecule has 6 heteroatoms. The molecule has 0 radical (unpaired) electrons. The maximum Gasteiger partial charge on any atom is 0.264 e. The number of rotatable bonds is 6. The Balaban J connectivity index is 1.29. The Kier molecular flexibility index (Phi) is 6.96. The lowest BCUT2D eigenvalue weighted by Gasteiger charge is -2.34. The topological polar surface area (TPSA) is 32.8 Å². The van der Waals surface area contributed by atoms with E-state index in [0.717, 1.165) is 48.7 Å². The van der Waals surface area contributed by atoms with Crippen LogP contribution in [0.5, 0.6) is 5.75 Å². The molecular formula is C25H27ClN2O2S. The number of carbonyl (C=O) groups excluding carboxylic acids is 1. The first kappa shape index (κ1) is 21.9. The summed E-state index contributed by atoms with van der Waals surface area (Å²) in [7, 11) is 0. The maximum absolute atomic E-state index is 13.0. The smallest absolute Gasteiger partial charge is 0.264 e. The van der Waals surface area contributed by atoms with Gasteiger partial charge in [-0.05, 0) is 48.6 Å². The molecule has 0 saturated carbocycles. The van der Waals surface area contributed by atoms with E-state index in [-0.39, 0.29) is 5.91 Å². The molecule has 0 atom stereocenters. The van der Waals surface area contributed by atoms with Gasteiger partial charge in [0.2, 0.25) is 0 Å². The molecule has 1 aliphatic rings. The number of benzene rings is 2. The Hall–Kier alpha value is -2.34. The van der Waals surface area contributed by atoms with Crippen LogP contribution in [0.1, 0.15) is 31.9 Å². The van der Waals surface area contributed by atoms with Gasteiger partial charge in [-0.25, -0.2) is 0 Å². The van der Waals surface area contributed by atoms with E-state index >= 15 is 0 Å². The SMILES string of the molecule is Cc1cccc(CN2CCN(C(=O)c3cc(COc4cc(C)ccc4Cl)cs3)CC2)c1. The monoisotopic (exact) mass is 454 g/mol. The molecule has 1 saturated heterocycles. The van der Waals surface area contributed by atoms with Crippen molar-refractivity contribution >= 4 is 28.8 Å². The number of thiophene rings is 1. The number of hydrogen-bond donors (Lipinski definition) is 0. The van der Waals surface area contributed by atoms with Crippen molar-refractivity contribution in [2.45, 2.75) is 27.0 Å². The van der Waals surface area contributed by atoms with E-state index in [4.69, 9.17) is 16.3 Å². The number of amides is 1. The summed E-state index contributed by atoms with van der Waals surface area (Å²) >= 11 is 7.68. The molecule has 4 rings (SSSR count). The summed E-state index contributed by atoms with van der Waals surface area (Å²) in [5, 5.41) is 2.59. The highest BCUT2D eigenvalue weighted by Crippen LogP contribution is 2.27. The predicted octanol–water partition coefficient (Wildman–Crippen LogP) is 5.56. The fourth-order valence-corrected chi connectivity index (χ4v) is 4.82. The summed E-state index contributed by atoms with van der Waals surface area (Å²) < 4.78 is 5.86. The quantitative estimate of drug-likeness (QED) is 0.489. The van der Waals surface area contributed by atoms with Gasteiger partial charge < -0.3 is 9.64 Å². The van der Waals surface area contributed by atoms with Crippen molar-refractivity contribution in [3.63, 3.8) is 0 Å². The molecule has 162 valence electrons. The van der Waals surface area contributed by atoms with Crippen molar-refractivity contribution in [1.82, 2.24) is 9.80 Å². The Morgan fingerprint density at radius 3 is 2.55 bits per heavy atom. The lowest BCUT2D eigenvalue weighted by molar-refractivity contribution is 0.0633. The van der Waals surface area contributed by atoms with E-state index in [0.29, 0.717) is 17.4 Å². The average molecular weight is 455 g/mol. The Morgan fingerprint density at radius 2 is 1.77 bits per heavy atom. The first-order chi connectivity index (χ1) is 15.0. The van der Waals surface area contributed by atoms with E-state index in [2.05, 4.69) is 36.1 Å². The van der Waals surface area contributed by atoms with E-state index in [9.17, 15) is 4.79 Å². The molecule has 31 heavy (non-hydrogen) atoms. The van der Waals surface area contributed by atoms with Crippen LogP contribution in [-0.4, -0.2) is 41.9 Å². The normalized spacial score (nSPS) is 14.6. The third-order valence-corrected chi connectivity index (χ3v) is 6.77. The second kappa shape index (κ2) is 9.86. The standard InChI is InChI=1S/C25H27ClN2O2S/c1-18-4-3-5-20(12-18)15-27-8-10-28(11-9-27)25(29)24-14-21(17-31-24)16-30-23-13-19(2)6-7-22(23)26/h3-7,12-14,17H,8-11,15-16H2,1-2H3. The number of halogens is 1. The van der Waals surface area contributed by atoms with Gasteiger partial charge in [0.15, 0.2) is 0 Å². The van der Waals surface area contributed by atoms with Crippen LogP contribution in [0.3, 0.4) is 0 Å². The number of aryl methyl sites for hydroxylation is 2. The van der Waals surface area contributed by atoms with Crippen LogP contribution in [0, 0.1) is 13.8 Å². The molecule has 2 heterocycles. The number of hydrogen-bond acceptors (Lipinski definition) is 4. The Bertz CT molecular complexity index is 1060. The van der Waals surface area contributed by atoms with E-state index in [1.165, 1.54) is 22.5 Å². The largest absolute Gasteiger partial charge is 0.487 e. The minimum Gasteiger partial charge on any atom is -0.487 e. The summed E-state index contributed by atoms with van der Waals surface area (Å²) in [4.78, 5) is 18.1. The first-order valence-corrected chi connectivity index (χ1v) is 11.8. The van der Waals surface area contributed by atoms with Crippen LogP contribution in [0.4, 0.5) is 0 Å². The number of carbonyl (C=O) groups is 1. The highest BCUT2D eigenvalue weighted by atomic mass is 35.5. The predicted molar refractivity (Wildman–Crippen MR) is 127 cm³/mol. The van der Waals surface area contributed by atoms with Gasteiger partial charge in [-0.15, -0.1) is 11.3 Å². The molecular weight excluding hydrogens is 428 g/mol. The summed E-state index contributed by atoms with van der Waals surface area (Å²) in [5.41, 5.74) is 4.70. The number of ether oxygens (including phenoxy) is 1. The van der Waals surface area contributed by atoms with Gasteiger partial charge in [0.1, 0.15) is 12.4 Å². The van der Waals surface area contributed by atoms with Gasteiger partial charge >= 0.3 is 0 Å². The summed E-state index contributed by atoms with van der Waals surface area (Å²) in [6.07, 6.45) is 0. The highest BCUT2D eigenvalue weighted by molar-refractivity contribution is 7.12. The van der Waals surface area contributed by atoms with Gasteiger partial charge in [0.05, 0.1) is 9.90 Å². The summed E-state index contributed by atoms with van der Waals surface area (Å²) in [6.45, 7) is 8.77. The van der Waals surface area contributed by atoms with Crippen molar-refractivity contribution in [3.8, 4) is 5.75 Å². The zero-order valence-electron chi connectivity index (χ0n) is 17.9. The van der Waals surface area contributed by atoms with Gasteiger partial charge in [-0.1, -0.05) is 47.5 Å². The fourth-order valence-electron chi connectivity index (χ4n) is 3.78. The number of nitrogens with zero attached hydrogens (tertiary/aromatic N) is 2. The van der Waals surface area contributed by atoms with Crippen molar-refractivity contribution in [3.05, 3.63) is 86.1 Å². The van der Waals surface area contributed by atoms with E-state index < -0.39 is 0 Å². The molecule has 0 bridgehead atoms. The second-order valence-electron chi connectivity index (χ2n) is 8.10. The molecule has 0 spiro atoms. The summed E-state index contributed by atoms with van der Waals surface area (Å²) in [5.74, 6) is 0.783. The lowest BCUT2D eigenvalue weighted by Crippen LogP contribution is -2.48. The third-order valence-electron chi connectivity index (χ3n) is 5.49. The van der Waals surface area contributed by atoms with Crippen LogP contribution >= 0.6 is 22.9 Å². The van der Waals surface area contributed by atoms with Crippen LogP contribution in [0.25, 0.3) is 0 Å². The molecule has 1 fully saturated rings. The zero-order chi connectivity index (χ0) is 21.8. The zero-order valence-corrected chi connectivity index (χ0v) is 19.5. The molecule has 1 aliphatic heterocycles. The van der Waals surface area contributed by atoms with Gasteiger partial charge in [0.25, 0.3) is 5.91 Å². The molecule has 1 amide bonds. The Labute approximate surface area is 193 Å². The minimum atomic E-state index is 0.111. The molecule has 3 aromatic rings. The third kappa shape index (κ3) is 5.67. The second-order valence-corrected chi connectivity index (χ2v) is 9.42. The molecule has 1 aromatic heterocycles. The lowest BCUT2D eigenvalue weighted by atomic mass is 10.1. The highest BCUT2D eigenvalue weighted by Gasteiger charge is 2.23. The molecule has 4 nitrogen and oxygen atoms in total. The van der Waals surface area contributed by atoms with Crippen molar-refractivity contribution in [2.75, 3.05) is 26.2 Å². The van der Waals surface area contributed by atoms with Crippen molar-refractivity contribution < 1.29 is 9.53 Å². The Morgan fingerprint density at radius 1 is 1.00 bits per heavy atom. The molecule has 2 aromatic carbocycles.